The SMILES string of the molecule is [C-]#[N+]c1ccc(-c2ccc(-c3nc4ccccc4c4c5cccnc5c5ncccc5c34)c3ccccc23)cc1.c1cc(-c2ccncc2)nc(-c2ccc(-c3nc4ccccc4c4c5cccnc5c5ncccc5c34)c3ccccc23)c1.c1ccc(-c2ccc(-c3nc4ccccc4c4c5cccnc5c5ncccc5c34)c3ccccc23)cc1. The van der Waals surface area contributed by atoms with Crippen LogP contribution in [0, 0.1) is 6.57 Å². The fourth-order valence-corrected chi connectivity index (χ4v) is 18.5. The first-order chi connectivity index (χ1) is 60.5. The Kier molecular flexibility index (Phi) is 17.0. The van der Waals surface area contributed by atoms with E-state index in [-0.39, 0.29) is 0 Å². The molecular weight excluding hydrogens is 1490 g/mol. The van der Waals surface area contributed by atoms with E-state index in [1.807, 2.05) is 122 Å². The van der Waals surface area contributed by atoms with E-state index < -0.39 is 0 Å². The number of aromatic nitrogens is 11. The highest BCUT2D eigenvalue weighted by Crippen LogP contribution is 2.49. The molecule has 0 N–H and O–H groups in total. The highest BCUT2D eigenvalue weighted by molar-refractivity contribution is 6.36. The molecule has 564 valence electrons. The van der Waals surface area contributed by atoms with Gasteiger partial charge >= 0.3 is 0 Å². The smallest absolute Gasteiger partial charge is 0.187 e. The molecule has 122 heavy (non-hydrogen) atoms. The highest BCUT2D eigenvalue weighted by atomic mass is 14.8. The van der Waals surface area contributed by atoms with Crippen LogP contribution in [-0.2, 0) is 0 Å². The molecule has 25 aromatic rings. The number of rotatable bonds is 7. The Morgan fingerprint density at radius 2 is 0.467 bits per heavy atom. The molecule has 0 atom stereocenters. The maximum atomic E-state index is 7.31. The Bertz CT molecular complexity index is 8680. The fourth-order valence-electron chi connectivity index (χ4n) is 18.5. The normalized spacial score (nSPS) is 11.6. The van der Waals surface area contributed by atoms with Gasteiger partial charge in [0.2, 0.25) is 0 Å². The highest BCUT2D eigenvalue weighted by Gasteiger charge is 2.26. The van der Waals surface area contributed by atoms with Crippen molar-refractivity contribution >= 4 is 168 Å². The van der Waals surface area contributed by atoms with Crippen molar-refractivity contribution in [2.75, 3.05) is 0 Å². The third-order valence-corrected chi connectivity index (χ3v) is 23.7. The van der Waals surface area contributed by atoms with Gasteiger partial charge in [-0.05, 0) is 133 Å². The molecule has 25 rings (SSSR count). The molecule has 0 amide bonds. The molecule has 0 aliphatic rings. The van der Waals surface area contributed by atoms with Crippen LogP contribution in [-0.4, -0.2) is 54.8 Å². The van der Waals surface area contributed by atoms with Crippen LogP contribution < -0.4 is 0 Å². The minimum absolute atomic E-state index is 0.638. The molecular formula is C110H64N12. The van der Waals surface area contributed by atoms with Gasteiger partial charge in [0.1, 0.15) is 0 Å². The van der Waals surface area contributed by atoms with Gasteiger partial charge in [0.15, 0.2) is 5.69 Å². The number of hydrogen-bond acceptors (Lipinski definition) is 11. The summed E-state index contributed by atoms with van der Waals surface area (Å²) in [5.74, 6) is 0. The average Bonchev–Trinajstić information content (AvgIpc) is 0.720. The predicted octanol–water partition coefficient (Wildman–Crippen LogP) is 27.9. The first-order valence-corrected chi connectivity index (χ1v) is 40.5. The summed E-state index contributed by atoms with van der Waals surface area (Å²) >= 11 is 0. The lowest BCUT2D eigenvalue weighted by molar-refractivity contribution is 1.29. The molecule has 0 radical (unpaired) electrons. The third kappa shape index (κ3) is 11.6. The second-order valence-electron chi connectivity index (χ2n) is 30.4. The van der Waals surface area contributed by atoms with E-state index in [4.69, 9.17) is 56.4 Å². The minimum atomic E-state index is 0.638. The number of nitrogens with zero attached hydrogens (tertiary/aromatic N) is 12. The number of pyridine rings is 11. The molecule has 0 saturated heterocycles. The van der Waals surface area contributed by atoms with Crippen LogP contribution in [0.1, 0.15) is 0 Å². The summed E-state index contributed by atoms with van der Waals surface area (Å²) < 4.78 is 0. The largest absolute Gasteiger partial charge is 0.265 e. The van der Waals surface area contributed by atoms with Crippen molar-refractivity contribution in [3.05, 3.63) is 401 Å². The van der Waals surface area contributed by atoms with E-state index in [2.05, 4.69) is 265 Å². The van der Waals surface area contributed by atoms with E-state index in [1.54, 1.807) is 12.4 Å². The van der Waals surface area contributed by atoms with Gasteiger partial charge in [-0.2, -0.15) is 0 Å². The Labute approximate surface area is 698 Å². The van der Waals surface area contributed by atoms with Gasteiger partial charge in [-0.1, -0.05) is 261 Å². The lowest BCUT2D eigenvalue weighted by Crippen LogP contribution is -1.96. The summed E-state index contributed by atoms with van der Waals surface area (Å²) in [5.41, 5.74) is 23.6. The zero-order valence-electron chi connectivity index (χ0n) is 65.3. The summed E-state index contributed by atoms with van der Waals surface area (Å²) in [6, 6.07) is 117. The summed E-state index contributed by atoms with van der Waals surface area (Å²) in [7, 11) is 0. The number of hydrogen-bond donors (Lipinski definition) is 0. The first-order valence-electron chi connectivity index (χ1n) is 40.5. The predicted molar refractivity (Wildman–Crippen MR) is 502 cm³/mol. The lowest BCUT2D eigenvalue weighted by atomic mass is 9.89. The van der Waals surface area contributed by atoms with Gasteiger partial charge < -0.3 is 0 Å². The molecule has 11 aromatic heterocycles. The molecule has 0 aliphatic carbocycles. The summed E-state index contributed by atoms with van der Waals surface area (Å²) in [6.45, 7) is 7.31. The fraction of sp³-hybridized carbons (Fsp3) is 0. The average molecular weight is 1550 g/mol. The third-order valence-electron chi connectivity index (χ3n) is 23.7. The molecule has 0 aliphatic heterocycles. The second kappa shape index (κ2) is 29.4. The summed E-state index contributed by atoms with van der Waals surface area (Å²) in [6.07, 6.45) is 14.6. The summed E-state index contributed by atoms with van der Waals surface area (Å²) in [4.78, 5) is 57.6. The maximum Gasteiger partial charge on any atom is 0.187 e. The van der Waals surface area contributed by atoms with Crippen molar-refractivity contribution in [2.45, 2.75) is 0 Å². The van der Waals surface area contributed by atoms with Crippen molar-refractivity contribution in [1.82, 2.24) is 54.8 Å². The number of para-hydroxylation sites is 3. The van der Waals surface area contributed by atoms with E-state index in [1.165, 1.54) is 27.3 Å². The molecule has 12 nitrogen and oxygen atoms in total. The molecule has 0 saturated carbocycles. The minimum Gasteiger partial charge on any atom is -0.265 e. The Morgan fingerprint density at radius 1 is 0.180 bits per heavy atom. The molecule has 0 bridgehead atoms. The monoisotopic (exact) mass is 1550 g/mol. The van der Waals surface area contributed by atoms with E-state index >= 15 is 0 Å². The van der Waals surface area contributed by atoms with Crippen molar-refractivity contribution in [2.24, 2.45) is 0 Å². The zero-order chi connectivity index (χ0) is 80.7. The molecule has 0 spiro atoms. The number of fused-ring (bicyclic) bond motifs is 27. The van der Waals surface area contributed by atoms with Crippen molar-refractivity contribution in [3.63, 3.8) is 0 Å². The van der Waals surface area contributed by atoms with E-state index in [0.29, 0.717) is 5.69 Å². The van der Waals surface area contributed by atoms with Gasteiger partial charge in [-0.3, -0.25) is 34.9 Å². The number of benzene rings is 14. The van der Waals surface area contributed by atoms with Crippen molar-refractivity contribution in [3.8, 4) is 78.5 Å². The van der Waals surface area contributed by atoms with Crippen molar-refractivity contribution < 1.29 is 0 Å². The van der Waals surface area contributed by atoms with Crippen LogP contribution in [0.15, 0.2) is 389 Å². The second-order valence-corrected chi connectivity index (χ2v) is 30.4. The molecule has 11 heterocycles. The quantitative estimate of drug-likeness (QED) is 0.111. The van der Waals surface area contributed by atoms with Gasteiger partial charge in [-0.25, -0.2) is 24.8 Å². The molecule has 12 heteroatoms. The van der Waals surface area contributed by atoms with Gasteiger partial charge in [-0.15, -0.1) is 0 Å². The topological polar surface area (TPSA) is 146 Å². The van der Waals surface area contributed by atoms with E-state index in [9.17, 15) is 0 Å². The molecule has 0 unspecified atom stereocenters. The molecule has 0 fully saturated rings. The van der Waals surface area contributed by atoms with E-state index in [0.717, 1.165) is 214 Å². The lowest BCUT2D eigenvalue weighted by Gasteiger charge is -2.17. The first kappa shape index (κ1) is 70.5. The van der Waals surface area contributed by atoms with Crippen LogP contribution in [0.2, 0.25) is 0 Å². The molecule has 14 aromatic carbocycles. The van der Waals surface area contributed by atoms with Crippen LogP contribution in [0.5, 0.6) is 0 Å². The van der Waals surface area contributed by atoms with Crippen LogP contribution in [0.4, 0.5) is 5.69 Å². The Balaban J connectivity index is 0.000000107. The van der Waals surface area contributed by atoms with Gasteiger partial charge in [0.25, 0.3) is 0 Å². The van der Waals surface area contributed by atoms with Crippen LogP contribution >= 0.6 is 0 Å². The van der Waals surface area contributed by atoms with Crippen LogP contribution in [0.3, 0.4) is 0 Å². The van der Waals surface area contributed by atoms with Crippen LogP contribution in [0.25, 0.3) is 246 Å². The van der Waals surface area contributed by atoms with Crippen molar-refractivity contribution in [1.29, 1.82) is 0 Å². The maximum absolute atomic E-state index is 7.31. The Hall–Kier alpha value is -16.9. The zero-order valence-corrected chi connectivity index (χ0v) is 65.3. The standard InChI is InChI=1S/C39H23N5.C36H20N4.C35H21N3/c1-2-9-26-25(8-1)27(33-15-5-14-32(43-33)24-18-22-40-23-19-24)16-17-28(26)37-36-31-12-7-21-42-39(31)38-30(11-6-20-41-38)35(36)29-10-3-4-13-34(29)44-37;1-37-23-16-14-22(15-17-23)24-18-19-27(26-9-3-2-8-25(24)26)34-33-30-12-7-21-39-36(30)35-29(11-6-20-38-35)32(33)28-10-4-5-13-31(28)40-34;1-2-10-22(11-3-1)23-18-19-26(25-13-5-4-12-24(23)25)33-32-29-16-9-21-37-35(29)34-28(15-8-20-36-34)31(32)27-14-6-7-17-30(27)38-33/h1-23H;2-21H;1-21H. The van der Waals surface area contributed by atoms with Gasteiger partial charge in [0.05, 0.1) is 84.7 Å². The summed E-state index contributed by atoms with van der Waals surface area (Å²) in [5, 5.41) is 23.4. The Morgan fingerprint density at radius 3 is 0.836 bits per heavy atom. The van der Waals surface area contributed by atoms with Gasteiger partial charge in [0, 0.05) is 158 Å².